The van der Waals surface area contributed by atoms with Crippen molar-refractivity contribution in [3.05, 3.63) is 0 Å². The number of rotatable bonds is 18. The van der Waals surface area contributed by atoms with Crippen LogP contribution in [0, 0.1) is 5.92 Å². The van der Waals surface area contributed by atoms with Crippen LogP contribution in [0.5, 0.6) is 0 Å². The first-order valence-corrected chi connectivity index (χ1v) is 12.7. The largest absolute Gasteiger partial charge is 0.480 e. The predicted octanol–water partition coefficient (Wildman–Crippen LogP) is -1.82. The Morgan fingerprint density at radius 2 is 1.23 bits per heavy atom. The van der Waals surface area contributed by atoms with Crippen LogP contribution in [-0.2, 0) is 28.8 Å². The Morgan fingerprint density at radius 1 is 0.800 bits per heavy atom. The lowest BCUT2D eigenvalue weighted by Crippen LogP contribution is -2.57. The summed E-state index contributed by atoms with van der Waals surface area (Å²) in [5.74, 6) is -4.58. The number of carboxylic acids is 1. The molecular weight excluding hydrogens is 480 g/mol. The summed E-state index contributed by atoms with van der Waals surface area (Å²) in [6.07, 6.45) is 1.71. The van der Waals surface area contributed by atoms with Crippen LogP contribution in [0.4, 0.5) is 0 Å². The summed E-state index contributed by atoms with van der Waals surface area (Å²) in [6.45, 7) is 3.69. The summed E-state index contributed by atoms with van der Waals surface area (Å²) >= 11 is 1.45. The lowest BCUT2D eigenvalue weighted by molar-refractivity contribution is -0.142. The molecule has 0 spiro atoms. The highest BCUT2D eigenvalue weighted by Gasteiger charge is 2.31. The van der Waals surface area contributed by atoms with E-state index >= 15 is 0 Å². The minimum Gasteiger partial charge on any atom is -0.480 e. The molecule has 200 valence electrons. The molecule has 0 fully saturated rings. The number of thioether (sulfide) groups is 1. The second-order valence-electron chi connectivity index (χ2n) is 8.22. The molecule has 5 unspecified atom stereocenters. The molecule has 0 aromatic heterocycles. The third-order valence-electron chi connectivity index (χ3n) is 5.41. The first-order valence-electron chi connectivity index (χ1n) is 11.3. The highest BCUT2D eigenvalue weighted by Crippen LogP contribution is 2.09. The minimum absolute atomic E-state index is 0.123. The number of primary amides is 2. The van der Waals surface area contributed by atoms with E-state index < -0.39 is 59.7 Å². The Hall–Kier alpha value is -2.87. The van der Waals surface area contributed by atoms with E-state index in [0.717, 1.165) is 0 Å². The Kier molecular flexibility index (Phi) is 15.3. The van der Waals surface area contributed by atoms with E-state index in [-0.39, 0.29) is 38.0 Å². The molecule has 14 heteroatoms. The second-order valence-corrected chi connectivity index (χ2v) is 9.21. The van der Waals surface area contributed by atoms with E-state index in [4.69, 9.17) is 17.2 Å². The van der Waals surface area contributed by atoms with Crippen molar-refractivity contribution in [2.75, 3.05) is 12.0 Å². The standard InChI is InChI=1S/C21H38N6O7S/c1-4-11(2)17(24)20(32)26-13(9-10-35-3)19(31)25-12(5-7-15(22)28)18(30)27-14(21(33)34)6-8-16(23)29/h11-14,17H,4-10,24H2,1-3H3,(H2,22,28)(H2,23,29)(H,25,31)(H,26,32)(H,27,30)(H,33,34). The fourth-order valence-corrected chi connectivity index (χ4v) is 3.40. The Bertz CT molecular complexity index is 766. The minimum atomic E-state index is -1.44. The maximum atomic E-state index is 13.0. The predicted molar refractivity (Wildman–Crippen MR) is 131 cm³/mol. The van der Waals surface area contributed by atoms with Gasteiger partial charge in [-0.2, -0.15) is 11.8 Å². The molecule has 0 radical (unpaired) electrons. The van der Waals surface area contributed by atoms with Gasteiger partial charge in [-0.25, -0.2) is 4.79 Å². The number of nitrogens with one attached hydrogen (secondary N) is 3. The van der Waals surface area contributed by atoms with Crippen molar-refractivity contribution in [1.29, 1.82) is 0 Å². The zero-order chi connectivity index (χ0) is 27.1. The molecule has 0 aliphatic carbocycles. The summed E-state index contributed by atoms with van der Waals surface area (Å²) in [6, 6.07) is -4.61. The van der Waals surface area contributed by atoms with Crippen LogP contribution in [0.3, 0.4) is 0 Å². The maximum absolute atomic E-state index is 13.0. The average Bonchev–Trinajstić information content (AvgIpc) is 2.79. The van der Waals surface area contributed by atoms with E-state index in [1.165, 1.54) is 11.8 Å². The summed E-state index contributed by atoms with van der Waals surface area (Å²) < 4.78 is 0. The van der Waals surface area contributed by atoms with Crippen molar-refractivity contribution in [1.82, 2.24) is 16.0 Å². The first-order chi connectivity index (χ1) is 16.3. The highest BCUT2D eigenvalue weighted by molar-refractivity contribution is 7.98. The van der Waals surface area contributed by atoms with Gasteiger partial charge in [0.15, 0.2) is 0 Å². The molecule has 5 atom stereocenters. The molecule has 35 heavy (non-hydrogen) atoms. The van der Waals surface area contributed by atoms with E-state index in [1.807, 2.05) is 20.1 Å². The van der Waals surface area contributed by atoms with Gasteiger partial charge in [0.05, 0.1) is 6.04 Å². The molecule has 0 saturated carbocycles. The van der Waals surface area contributed by atoms with Crippen molar-refractivity contribution in [2.24, 2.45) is 23.1 Å². The second kappa shape index (κ2) is 16.7. The molecule has 0 rings (SSSR count). The molecular formula is C21H38N6O7S. The van der Waals surface area contributed by atoms with Gasteiger partial charge in [0, 0.05) is 12.8 Å². The molecule has 13 nitrogen and oxygen atoms in total. The quantitative estimate of drug-likeness (QED) is 0.108. The monoisotopic (exact) mass is 518 g/mol. The maximum Gasteiger partial charge on any atom is 0.326 e. The average molecular weight is 519 g/mol. The zero-order valence-corrected chi connectivity index (χ0v) is 21.2. The van der Waals surface area contributed by atoms with Gasteiger partial charge >= 0.3 is 5.97 Å². The topological polar surface area (TPSA) is 237 Å². The Morgan fingerprint density at radius 3 is 1.66 bits per heavy atom. The fraction of sp³-hybridized carbons (Fsp3) is 0.714. The Labute approximate surface area is 209 Å². The van der Waals surface area contributed by atoms with Crippen LogP contribution in [0.15, 0.2) is 0 Å². The summed E-state index contributed by atoms with van der Waals surface area (Å²) in [4.78, 5) is 72.0. The lowest BCUT2D eigenvalue weighted by Gasteiger charge is -2.26. The molecule has 0 aromatic carbocycles. The van der Waals surface area contributed by atoms with Gasteiger partial charge in [-0.15, -0.1) is 0 Å². The number of hydrogen-bond donors (Lipinski definition) is 7. The number of carbonyl (C=O) groups is 6. The van der Waals surface area contributed by atoms with Crippen LogP contribution in [0.1, 0.15) is 52.4 Å². The van der Waals surface area contributed by atoms with Crippen LogP contribution in [-0.4, -0.2) is 76.8 Å². The van der Waals surface area contributed by atoms with Gasteiger partial charge in [-0.05, 0) is 37.2 Å². The molecule has 0 heterocycles. The normalized spacial score (nSPS) is 15.1. The van der Waals surface area contributed by atoms with Crippen molar-refractivity contribution < 1.29 is 33.9 Å². The van der Waals surface area contributed by atoms with Crippen molar-refractivity contribution in [2.45, 2.75) is 76.5 Å². The summed E-state index contributed by atoms with van der Waals surface area (Å²) in [5.41, 5.74) is 16.2. The number of hydrogen-bond acceptors (Lipinski definition) is 8. The van der Waals surface area contributed by atoms with Gasteiger partial charge in [-0.1, -0.05) is 20.3 Å². The van der Waals surface area contributed by atoms with E-state index in [1.54, 1.807) is 0 Å². The van der Waals surface area contributed by atoms with Crippen molar-refractivity contribution in [3.63, 3.8) is 0 Å². The molecule has 10 N–H and O–H groups in total. The summed E-state index contributed by atoms with van der Waals surface area (Å²) in [7, 11) is 0. The summed E-state index contributed by atoms with van der Waals surface area (Å²) in [5, 5.41) is 16.6. The van der Waals surface area contributed by atoms with E-state index in [2.05, 4.69) is 16.0 Å². The third-order valence-corrected chi connectivity index (χ3v) is 6.05. The number of carbonyl (C=O) groups excluding carboxylic acids is 5. The number of carboxylic acid groups (broad SMARTS) is 1. The first kappa shape index (κ1) is 32.1. The molecule has 0 aliphatic rings. The molecule has 0 bridgehead atoms. The number of aliphatic carboxylic acids is 1. The van der Waals surface area contributed by atoms with Crippen molar-refractivity contribution in [3.8, 4) is 0 Å². The highest BCUT2D eigenvalue weighted by atomic mass is 32.2. The van der Waals surface area contributed by atoms with Gasteiger partial charge in [0.2, 0.25) is 29.5 Å². The lowest BCUT2D eigenvalue weighted by atomic mass is 9.99. The number of nitrogens with two attached hydrogens (primary N) is 3. The molecule has 0 aliphatic heterocycles. The van der Waals surface area contributed by atoms with E-state index in [9.17, 15) is 33.9 Å². The molecule has 5 amide bonds. The van der Waals surface area contributed by atoms with Crippen LogP contribution in [0.25, 0.3) is 0 Å². The smallest absolute Gasteiger partial charge is 0.326 e. The van der Waals surface area contributed by atoms with Crippen LogP contribution in [0.2, 0.25) is 0 Å². The molecule has 0 saturated heterocycles. The van der Waals surface area contributed by atoms with Gasteiger partial charge < -0.3 is 38.3 Å². The van der Waals surface area contributed by atoms with Crippen molar-refractivity contribution >= 4 is 47.3 Å². The van der Waals surface area contributed by atoms with Gasteiger partial charge in [0.1, 0.15) is 18.1 Å². The zero-order valence-electron chi connectivity index (χ0n) is 20.4. The fourth-order valence-electron chi connectivity index (χ4n) is 2.93. The van der Waals surface area contributed by atoms with E-state index in [0.29, 0.717) is 12.2 Å². The van der Waals surface area contributed by atoms with Crippen LogP contribution < -0.4 is 33.2 Å². The molecule has 0 aromatic rings. The SMILES string of the molecule is CCC(C)C(N)C(=O)NC(CCSC)C(=O)NC(CCC(N)=O)C(=O)NC(CCC(N)=O)C(=O)O. The Balaban J connectivity index is 5.58. The van der Waals surface area contributed by atoms with Gasteiger partial charge in [-0.3, -0.25) is 24.0 Å². The van der Waals surface area contributed by atoms with Gasteiger partial charge in [0.25, 0.3) is 0 Å². The number of amides is 5. The van der Waals surface area contributed by atoms with Crippen LogP contribution >= 0.6 is 11.8 Å². The third kappa shape index (κ3) is 13.0.